The summed E-state index contributed by atoms with van der Waals surface area (Å²) >= 11 is 0. The van der Waals surface area contributed by atoms with Crippen LogP contribution in [-0.4, -0.2) is 69.1 Å². The second-order valence-corrected chi connectivity index (χ2v) is 8.02. The Bertz CT molecular complexity index is 1040. The van der Waals surface area contributed by atoms with E-state index in [9.17, 15) is 30.3 Å². The van der Waals surface area contributed by atoms with Gasteiger partial charge in [-0.1, -0.05) is 13.0 Å². The van der Waals surface area contributed by atoms with Gasteiger partial charge in [0, 0.05) is 12.1 Å². The molecule has 2 heterocycles. The van der Waals surface area contributed by atoms with E-state index in [0.717, 1.165) is 0 Å². The van der Waals surface area contributed by atoms with Crippen molar-refractivity contribution in [3.05, 3.63) is 41.5 Å². The van der Waals surface area contributed by atoms with E-state index < -0.39 is 36.8 Å². The highest BCUT2D eigenvalue weighted by Crippen LogP contribution is 2.44. The van der Waals surface area contributed by atoms with Crippen molar-refractivity contribution in [3.8, 4) is 28.7 Å². The predicted octanol–water partition coefficient (Wildman–Crippen LogP) is 1.41. The van der Waals surface area contributed by atoms with E-state index >= 15 is 0 Å². The van der Waals surface area contributed by atoms with Crippen LogP contribution in [0.5, 0.6) is 28.7 Å². The molecule has 1 fully saturated rings. The van der Waals surface area contributed by atoms with Gasteiger partial charge in [-0.3, -0.25) is 4.79 Å². The number of ether oxygens (including phenoxy) is 4. The van der Waals surface area contributed by atoms with Crippen LogP contribution in [0.1, 0.15) is 41.8 Å². The largest absolute Gasteiger partial charge is 0.508 e. The van der Waals surface area contributed by atoms with Crippen molar-refractivity contribution < 1.29 is 49.3 Å². The number of carbonyl (C=O) groups is 1. The number of aromatic hydroxyl groups is 2. The lowest BCUT2D eigenvalue weighted by Gasteiger charge is -2.40. The molecule has 2 aromatic rings. The fourth-order valence-corrected chi connectivity index (χ4v) is 4.06. The first-order valence-corrected chi connectivity index (χ1v) is 10.5. The monoisotopic (exact) mass is 462 g/mol. The quantitative estimate of drug-likeness (QED) is 0.440. The van der Waals surface area contributed by atoms with Gasteiger partial charge in [0.1, 0.15) is 47.2 Å². The number of aliphatic hydroxyl groups excluding tert-OH is 3. The number of fused-ring (bicyclic) bond motifs is 1. The van der Waals surface area contributed by atoms with Gasteiger partial charge in [0.2, 0.25) is 6.29 Å². The fraction of sp³-hybridized carbons (Fsp3) is 0.435. The molecule has 33 heavy (non-hydrogen) atoms. The Hall–Kier alpha value is -3.05. The number of methoxy groups -OCH3 is 1. The van der Waals surface area contributed by atoms with Gasteiger partial charge in [0.15, 0.2) is 17.3 Å². The Labute approximate surface area is 189 Å². The molecular formula is C23H26O10. The molecule has 0 amide bonds. The Morgan fingerprint density at radius 3 is 2.48 bits per heavy atom. The lowest BCUT2D eigenvalue weighted by molar-refractivity contribution is -0.272. The maximum Gasteiger partial charge on any atom is 0.229 e. The molecular weight excluding hydrogens is 436 g/mol. The summed E-state index contributed by atoms with van der Waals surface area (Å²) in [5.74, 6) is -0.445. The van der Waals surface area contributed by atoms with Crippen LogP contribution >= 0.6 is 0 Å². The number of carbonyl (C=O) groups excluding carboxylic acids is 1. The molecule has 2 aromatic carbocycles. The van der Waals surface area contributed by atoms with Gasteiger partial charge in [-0.25, -0.2) is 0 Å². The molecule has 3 unspecified atom stereocenters. The number of ketones is 1. The summed E-state index contributed by atoms with van der Waals surface area (Å²) in [6, 6.07) is 7.06. The second kappa shape index (κ2) is 9.06. The first-order chi connectivity index (χ1) is 15.7. The van der Waals surface area contributed by atoms with E-state index in [1.54, 1.807) is 19.1 Å². The minimum atomic E-state index is -1.59. The van der Waals surface area contributed by atoms with E-state index in [1.807, 2.05) is 0 Å². The molecule has 178 valence electrons. The van der Waals surface area contributed by atoms with Crippen molar-refractivity contribution in [1.29, 1.82) is 0 Å². The molecule has 0 aromatic heterocycles. The van der Waals surface area contributed by atoms with Crippen molar-refractivity contribution in [2.45, 2.75) is 56.6 Å². The van der Waals surface area contributed by atoms with E-state index in [1.165, 1.54) is 25.3 Å². The first kappa shape index (κ1) is 23.1. The molecule has 10 nitrogen and oxygen atoms in total. The zero-order chi connectivity index (χ0) is 23.9. The summed E-state index contributed by atoms with van der Waals surface area (Å²) in [4.78, 5) is 13.1. The van der Waals surface area contributed by atoms with Crippen LogP contribution in [0.15, 0.2) is 30.3 Å². The third kappa shape index (κ3) is 4.30. The summed E-state index contributed by atoms with van der Waals surface area (Å²) < 4.78 is 22.3. The molecule has 0 radical (unpaired) electrons. The van der Waals surface area contributed by atoms with Gasteiger partial charge in [-0.05, 0) is 24.1 Å². The van der Waals surface area contributed by atoms with Gasteiger partial charge in [-0.15, -0.1) is 0 Å². The molecule has 5 N–H and O–H groups in total. The molecule has 2 aliphatic rings. The molecule has 0 aliphatic carbocycles. The van der Waals surface area contributed by atoms with E-state index in [4.69, 9.17) is 18.9 Å². The Balaban J connectivity index is 1.63. The maximum absolute atomic E-state index is 13.1. The molecule has 4 rings (SSSR count). The molecule has 1 saturated heterocycles. The van der Waals surface area contributed by atoms with E-state index in [0.29, 0.717) is 12.0 Å². The molecule has 0 bridgehead atoms. The number of phenols is 2. The zero-order valence-electron chi connectivity index (χ0n) is 18.0. The van der Waals surface area contributed by atoms with E-state index in [2.05, 4.69) is 0 Å². The molecule has 0 spiro atoms. The van der Waals surface area contributed by atoms with Gasteiger partial charge < -0.3 is 44.5 Å². The van der Waals surface area contributed by atoms with Gasteiger partial charge in [0.25, 0.3) is 0 Å². The number of phenolic OH excluding ortho intramolecular Hbond substituents is 2. The third-order valence-corrected chi connectivity index (χ3v) is 5.86. The number of rotatable bonds is 5. The average Bonchev–Trinajstić information content (AvgIpc) is 2.79. The van der Waals surface area contributed by atoms with Crippen LogP contribution in [0.2, 0.25) is 0 Å². The fourth-order valence-electron chi connectivity index (χ4n) is 4.06. The minimum absolute atomic E-state index is 0.0548. The summed E-state index contributed by atoms with van der Waals surface area (Å²) in [5.41, 5.74) is 0.641. The molecule has 10 heteroatoms. The number of benzene rings is 2. The van der Waals surface area contributed by atoms with Gasteiger partial charge in [-0.2, -0.15) is 0 Å². The van der Waals surface area contributed by atoms with Crippen molar-refractivity contribution >= 4 is 5.78 Å². The van der Waals surface area contributed by atoms with Crippen LogP contribution in [0.3, 0.4) is 0 Å². The van der Waals surface area contributed by atoms with E-state index in [-0.39, 0.29) is 46.5 Å². The molecule has 6 atom stereocenters. The second-order valence-electron chi connectivity index (χ2n) is 8.02. The minimum Gasteiger partial charge on any atom is -0.508 e. The Morgan fingerprint density at radius 2 is 1.79 bits per heavy atom. The number of Topliss-reactive ketones (excluding diaryl/α,β-unsaturated/α-hetero) is 1. The van der Waals surface area contributed by atoms with Crippen LogP contribution in [0, 0.1) is 0 Å². The van der Waals surface area contributed by atoms with Crippen LogP contribution in [0.25, 0.3) is 0 Å². The number of hydrogen-bond acceptors (Lipinski definition) is 10. The smallest absolute Gasteiger partial charge is 0.229 e. The predicted molar refractivity (Wildman–Crippen MR) is 113 cm³/mol. The Morgan fingerprint density at radius 1 is 1.03 bits per heavy atom. The standard InChI is InChI=1S/C23H26O10/c1-3-14-20(27)21(28)22(29)23(32-14)33-18-8-11(24)7-17-19(18)13(26)9-15(31-17)10-4-5-12(25)16(6-10)30-2/h4-8,14-15,20-25,27-29H,3,9H2,1-2H3/t14?,15-,20-,21?,22?,23-/m0/s1. The third-order valence-electron chi connectivity index (χ3n) is 5.86. The summed E-state index contributed by atoms with van der Waals surface area (Å²) in [6.07, 6.45) is -6.98. The molecule has 2 aliphatic heterocycles. The first-order valence-electron chi connectivity index (χ1n) is 10.5. The number of hydrogen-bond donors (Lipinski definition) is 5. The highest BCUT2D eigenvalue weighted by atomic mass is 16.7. The zero-order valence-corrected chi connectivity index (χ0v) is 18.0. The molecule has 0 saturated carbocycles. The lowest BCUT2D eigenvalue weighted by atomic mass is 9.95. The van der Waals surface area contributed by atoms with Crippen molar-refractivity contribution in [2.24, 2.45) is 0 Å². The summed E-state index contributed by atoms with van der Waals surface area (Å²) in [7, 11) is 1.41. The van der Waals surface area contributed by atoms with Crippen LogP contribution < -0.4 is 14.2 Å². The van der Waals surface area contributed by atoms with Gasteiger partial charge in [0.05, 0.1) is 19.6 Å². The van der Waals surface area contributed by atoms with Crippen molar-refractivity contribution in [3.63, 3.8) is 0 Å². The average molecular weight is 462 g/mol. The summed E-state index contributed by atoms with van der Waals surface area (Å²) in [5, 5.41) is 50.5. The van der Waals surface area contributed by atoms with Gasteiger partial charge >= 0.3 is 0 Å². The van der Waals surface area contributed by atoms with Crippen molar-refractivity contribution in [2.75, 3.05) is 7.11 Å². The Kier molecular flexibility index (Phi) is 6.35. The topological polar surface area (TPSA) is 155 Å². The van der Waals surface area contributed by atoms with Crippen LogP contribution in [0.4, 0.5) is 0 Å². The number of aliphatic hydroxyl groups is 3. The SMILES string of the molecule is CCC1O[C@@H](Oc2cc(O)cc3c2C(=O)C[C@@H](c2ccc(O)c(OC)c2)O3)C(O)C(O)[C@H]1O. The lowest BCUT2D eigenvalue weighted by Crippen LogP contribution is -2.59. The maximum atomic E-state index is 13.1. The highest BCUT2D eigenvalue weighted by molar-refractivity contribution is 6.02. The normalized spacial score (nSPS) is 29.2. The van der Waals surface area contributed by atoms with Crippen molar-refractivity contribution in [1.82, 2.24) is 0 Å². The summed E-state index contributed by atoms with van der Waals surface area (Å²) in [6.45, 7) is 1.74. The van der Waals surface area contributed by atoms with Crippen LogP contribution in [-0.2, 0) is 4.74 Å². The highest BCUT2D eigenvalue weighted by Gasteiger charge is 2.45.